The van der Waals surface area contributed by atoms with Gasteiger partial charge in [-0.05, 0) is 30.5 Å². The highest BCUT2D eigenvalue weighted by Crippen LogP contribution is 2.13. The Morgan fingerprint density at radius 3 is 2.71 bits per heavy atom. The lowest BCUT2D eigenvalue weighted by Gasteiger charge is -2.08. The van der Waals surface area contributed by atoms with Crippen LogP contribution in [0.15, 0.2) is 36.8 Å². The normalized spacial score (nSPS) is 10.3. The number of unbranched alkanes of at least 4 members (excludes halogenated alkanes) is 1. The van der Waals surface area contributed by atoms with Gasteiger partial charge in [-0.15, -0.1) is 0 Å². The molecule has 1 aromatic carbocycles. The zero-order chi connectivity index (χ0) is 15.1. The number of nitrogens with one attached hydrogen (secondary N) is 1. The molecule has 0 saturated carbocycles. The van der Waals surface area contributed by atoms with Gasteiger partial charge in [-0.1, -0.05) is 25.5 Å². The molecular formula is C16H19N3O2. The van der Waals surface area contributed by atoms with Gasteiger partial charge < -0.3 is 10.4 Å². The molecule has 2 rings (SSSR count). The maximum absolute atomic E-state index is 11.1. The predicted molar refractivity (Wildman–Crippen MR) is 81.4 cm³/mol. The fraction of sp³-hybridized carbons (Fsp3) is 0.312. The van der Waals surface area contributed by atoms with Crippen molar-refractivity contribution in [2.45, 2.75) is 32.7 Å². The second kappa shape index (κ2) is 7.38. The number of hydrogen-bond donors (Lipinski definition) is 2. The van der Waals surface area contributed by atoms with Gasteiger partial charge in [-0.2, -0.15) is 0 Å². The first kappa shape index (κ1) is 15.0. The summed E-state index contributed by atoms with van der Waals surface area (Å²) in [4.78, 5) is 18.8. The average Bonchev–Trinajstić information content (AvgIpc) is 2.52. The quantitative estimate of drug-likeness (QED) is 0.817. The predicted octanol–water partition coefficient (Wildman–Crippen LogP) is 3.13. The van der Waals surface area contributed by atoms with Crippen molar-refractivity contribution in [3.63, 3.8) is 0 Å². The van der Waals surface area contributed by atoms with E-state index in [1.54, 1.807) is 0 Å². The van der Waals surface area contributed by atoms with Crippen molar-refractivity contribution < 1.29 is 9.90 Å². The highest BCUT2D eigenvalue weighted by molar-refractivity contribution is 5.88. The van der Waals surface area contributed by atoms with Gasteiger partial charge in [-0.3, -0.25) is 0 Å². The smallest absolute Gasteiger partial charge is 0.339 e. The van der Waals surface area contributed by atoms with E-state index in [4.69, 9.17) is 5.11 Å². The Balaban J connectivity index is 1.98. The van der Waals surface area contributed by atoms with Gasteiger partial charge in [0.2, 0.25) is 0 Å². The lowest BCUT2D eigenvalue weighted by atomic mass is 10.1. The fourth-order valence-corrected chi connectivity index (χ4v) is 2.03. The number of aryl methyl sites for hydroxylation is 1. The maximum Gasteiger partial charge on any atom is 0.339 e. The van der Waals surface area contributed by atoms with Crippen LogP contribution in [0.25, 0.3) is 0 Å². The molecule has 1 aromatic heterocycles. The lowest BCUT2D eigenvalue weighted by molar-refractivity contribution is 0.0694. The third-order valence-electron chi connectivity index (χ3n) is 3.26. The second-order valence-corrected chi connectivity index (χ2v) is 4.84. The Kier molecular flexibility index (Phi) is 5.26. The van der Waals surface area contributed by atoms with Crippen molar-refractivity contribution in [2.75, 3.05) is 5.32 Å². The molecule has 0 amide bonds. The van der Waals surface area contributed by atoms with Crippen LogP contribution in [0.5, 0.6) is 0 Å². The first-order valence-corrected chi connectivity index (χ1v) is 7.05. The molecule has 2 N–H and O–H groups in total. The van der Waals surface area contributed by atoms with Crippen molar-refractivity contribution in [1.82, 2.24) is 9.97 Å². The number of rotatable bonds is 7. The number of nitrogens with zero attached hydrogens (tertiary/aromatic N) is 2. The van der Waals surface area contributed by atoms with E-state index in [0.717, 1.165) is 12.1 Å². The van der Waals surface area contributed by atoms with E-state index in [2.05, 4.69) is 34.3 Å². The summed E-state index contributed by atoms with van der Waals surface area (Å²) in [6, 6.07) is 8.20. The number of carbonyl (C=O) groups is 1. The Bertz CT molecular complexity index is 597. The van der Waals surface area contributed by atoms with Gasteiger partial charge >= 0.3 is 5.97 Å². The van der Waals surface area contributed by atoms with Gasteiger partial charge in [0.05, 0.1) is 12.2 Å². The van der Waals surface area contributed by atoms with E-state index in [0.29, 0.717) is 12.2 Å². The molecule has 0 bridgehead atoms. The molecule has 21 heavy (non-hydrogen) atoms. The molecule has 5 heteroatoms. The minimum atomic E-state index is -1.01. The highest BCUT2D eigenvalue weighted by Gasteiger charge is 2.10. The minimum Gasteiger partial charge on any atom is -0.478 e. The number of anilines is 1. The van der Waals surface area contributed by atoms with Gasteiger partial charge in [0, 0.05) is 11.9 Å². The molecule has 0 unspecified atom stereocenters. The molecule has 5 nitrogen and oxygen atoms in total. The van der Waals surface area contributed by atoms with Crippen LogP contribution < -0.4 is 5.32 Å². The summed E-state index contributed by atoms with van der Waals surface area (Å²) in [5.74, 6) is -1.01. The zero-order valence-electron chi connectivity index (χ0n) is 12.0. The summed E-state index contributed by atoms with van der Waals surface area (Å²) >= 11 is 0. The third kappa shape index (κ3) is 4.27. The molecule has 0 spiro atoms. The summed E-state index contributed by atoms with van der Waals surface area (Å²) < 4.78 is 0. The zero-order valence-corrected chi connectivity index (χ0v) is 12.0. The summed E-state index contributed by atoms with van der Waals surface area (Å²) in [5.41, 5.74) is 2.87. The van der Waals surface area contributed by atoms with Crippen molar-refractivity contribution in [1.29, 1.82) is 0 Å². The summed E-state index contributed by atoms with van der Waals surface area (Å²) in [7, 11) is 0. The molecule has 0 radical (unpaired) electrons. The maximum atomic E-state index is 11.1. The summed E-state index contributed by atoms with van der Waals surface area (Å²) in [6.45, 7) is 2.54. The fourth-order valence-electron chi connectivity index (χ4n) is 2.03. The van der Waals surface area contributed by atoms with Gasteiger partial charge in [0.15, 0.2) is 0 Å². The van der Waals surface area contributed by atoms with E-state index in [9.17, 15) is 4.79 Å². The monoisotopic (exact) mass is 285 g/mol. The van der Waals surface area contributed by atoms with Crippen molar-refractivity contribution in [3.8, 4) is 0 Å². The molecule has 1 heterocycles. The van der Waals surface area contributed by atoms with E-state index in [1.165, 1.54) is 30.9 Å². The molecule has 2 aromatic rings. The molecule has 110 valence electrons. The Labute approximate surface area is 124 Å². The number of aromatic nitrogens is 2. The van der Waals surface area contributed by atoms with Gasteiger partial charge in [-0.25, -0.2) is 14.8 Å². The van der Waals surface area contributed by atoms with E-state index in [1.807, 2.05) is 12.1 Å². The first-order chi connectivity index (χ1) is 10.2. The van der Waals surface area contributed by atoms with Crippen LogP contribution in [-0.4, -0.2) is 21.0 Å². The van der Waals surface area contributed by atoms with Crippen LogP contribution >= 0.6 is 0 Å². The standard InChI is InChI=1S/C16H19N3O2/c1-2-3-4-12-5-7-13(8-6-12)18-10-15-14(16(20)21)9-17-11-19-15/h5-9,11,18H,2-4,10H2,1H3,(H,20,21). The van der Waals surface area contributed by atoms with Crippen LogP contribution in [0, 0.1) is 0 Å². The lowest BCUT2D eigenvalue weighted by Crippen LogP contribution is -2.10. The number of carboxylic acids is 1. The van der Waals surface area contributed by atoms with Crippen molar-refractivity contribution in [3.05, 3.63) is 53.6 Å². The van der Waals surface area contributed by atoms with Gasteiger partial charge in [0.25, 0.3) is 0 Å². The van der Waals surface area contributed by atoms with Crippen LogP contribution in [-0.2, 0) is 13.0 Å². The number of aromatic carboxylic acids is 1. The number of hydrogen-bond acceptors (Lipinski definition) is 4. The molecule has 0 atom stereocenters. The Morgan fingerprint density at radius 1 is 1.29 bits per heavy atom. The van der Waals surface area contributed by atoms with Crippen LogP contribution in [0.2, 0.25) is 0 Å². The van der Waals surface area contributed by atoms with E-state index in [-0.39, 0.29) is 5.56 Å². The third-order valence-corrected chi connectivity index (χ3v) is 3.26. The van der Waals surface area contributed by atoms with Crippen molar-refractivity contribution >= 4 is 11.7 Å². The Hall–Kier alpha value is -2.43. The van der Waals surface area contributed by atoms with Crippen LogP contribution in [0.1, 0.15) is 41.4 Å². The van der Waals surface area contributed by atoms with Crippen molar-refractivity contribution in [2.24, 2.45) is 0 Å². The average molecular weight is 285 g/mol. The minimum absolute atomic E-state index is 0.129. The topological polar surface area (TPSA) is 75.1 Å². The number of benzene rings is 1. The SMILES string of the molecule is CCCCc1ccc(NCc2ncncc2C(=O)O)cc1. The highest BCUT2D eigenvalue weighted by atomic mass is 16.4. The molecule has 0 aliphatic heterocycles. The second-order valence-electron chi connectivity index (χ2n) is 4.84. The number of carboxylic acid groups (broad SMARTS) is 1. The molecule has 0 aliphatic rings. The molecule has 0 aliphatic carbocycles. The largest absolute Gasteiger partial charge is 0.478 e. The molecule has 0 saturated heterocycles. The Morgan fingerprint density at radius 2 is 2.05 bits per heavy atom. The van der Waals surface area contributed by atoms with Gasteiger partial charge in [0.1, 0.15) is 11.9 Å². The summed E-state index contributed by atoms with van der Waals surface area (Å²) in [6.07, 6.45) is 6.14. The first-order valence-electron chi connectivity index (χ1n) is 7.05. The van der Waals surface area contributed by atoms with E-state index >= 15 is 0 Å². The molecular weight excluding hydrogens is 266 g/mol. The van der Waals surface area contributed by atoms with Crippen LogP contribution in [0.3, 0.4) is 0 Å². The summed E-state index contributed by atoms with van der Waals surface area (Å²) in [5, 5.41) is 12.3. The van der Waals surface area contributed by atoms with Crippen LogP contribution in [0.4, 0.5) is 5.69 Å². The van der Waals surface area contributed by atoms with E-state index < -0.39 is 5.97 Å². The molecule has 0 fully saturated rings.